The highest BCUT2D eigenvalue weighted by atomic mass is 32.1. The molecule has 0 radical (unpaired) electrons. The summed E-state index contributed by atoms with van der Waals surface area (Å²) in [5, 5.41) is 0. The molecular formula is C12H16S. The molecule has 1 fully saturated rings. The minimum absolute atomic E-state index is 0.780. The van der Waals surface area contributed by atoms with Crippen molar-refractivity contribution in [2.75, 3.05) is 0 Å². The predicted octanol–water partition coefficient (Wildman–Crippen LogP) is 4.02. The minimum Gasteiger partial charge on any atom is -0.143 e. The number of thiol groups is 1. The van der Waals surface area contributed by atoms with E-state index in [1.54, 1.807) is 0 Å². The van der Waals surface area contributed by atoms with Gasteiger partial charge in [-0.05, 0) is 30.4 Å². The number of rotatable bonds is 1. The fraction of sp³-hybridized carbons (Fsp3) is 0.500. The first-order valence-electron chi connectivity index (χ1n) is 5.16. The van der Waals surface area contributed by atoms with E-state index >= 15 is 0 Å². The van der Waals surface area contributed by atoms with Crippen molar-refractivity contribution >= 4 is 12.6 Å². The third kappa shape index (κ3) is 2.08. The van der Waals surface area contributed by atoms with Crippen molar-refractivity contribution in [1.82, 2.24) is 0 Å². The Bertz CT molecular complexity index is 274. The Labute approximate surface area is 85.8 Å². The summed E-state index contributed by atoms with van der Waals surface area (Å²) >= 11 is 4.51. The zero-order valence-corrected chi connectivity index (χ0v) is 8.76. The van der Waals surface area contributed by atoms with Gasteiger partial charge in [0.1, 0.15) is 0 Å². The second-order valence-corrected chi connectivity index (χ2v) is 4.38. The highest BCUT2D eigenvalue weighted by molar-refractivity contribution is 7.80. The zero-order chi connectivity index (χ0) is 9.10. The molecule has 0 N–H and O–H groups in total. The van der Waals surface area contributed by atoms with Crippen LogP contribution in [0.2, 0.25) is 0 Å². The maximum absolute atomic E-state index is 4.51. The SMILES string of the molecule is Sc1ccccc1C1CCCCC1. The van der Waals surface area contributed by atoms with Gasteiger partial charge in [0.05, 0.1) is 0 Å². The van der Waals surface area contributed by atoms with E-state index in [-0.39, 0.29) is 0 Å². The van der Waals surface area contributed by atoms with E-state index in [2.05, 4.69) is 36.9 Å². The third-order valence-electron chi connectivity index (χ3n) is 2.98. The van der Waals surface area contributed by atoms with Crippen LogP contribution < -0.4 is 0 Å². The molecule has 0 amide bonds. The molecular weight excluding hydrogens is 176 g/mol. The molecule has 1 heteroatoms. The van der Waals surface area contributed by atoms with Crippen LogP contribution >= 0.6 is 12.6 Å². The van der Waals surface area contributed by atoms with Crippen molar-refractivity contribution in [1.29, 1.82) is 0 Å². The van der Waals surface area contributed by atoms with Gasteiger partial charge < -0.3 is 0 Å². The van der Waals surface area contributed by atoms with Gasteiger partial charge in [0, 0.05) is 4.90 Å². The van der Waals surface area contributed by atoms with Gasteiger partial charge in [0.2, 0.25) is 0 Å². The lowest BCUT2D eigenvalue weighted by molar-refractivity contribution is 0.440. The molecule has 0 aromatic heterocycles. The van der Waals surface area contributed by atoms with Gasteiger partial charge in [0.15, 0.2) is 0 Å². The Morgan fingerprint density at radius 1 is 1.00 bits per heavy atom. The smallest absolute Gasteiger partial charge is 0.00748 e. The minimum atomic E-state index is 0.780. The van der Waals surface area contributed by atoms with Crippen molar-refractivity contribution in [3.63, 3.8) is 0 Å². The highest BCUT2D eigenvalue weighted by Gasteiger charge is 2.16. The van der Waals surface area contributed by atoms with Crippen LogP contribution in [0.15, 0.2) is 29.2 Å². The summed E-state index contributed by atoms with van der Waals surface area (Å²) < 4.78 is 0. The fourth-order valence-electron chi connectivity index (χ4n) is 2.25. The van der Waals surface area contributed by atoms with Gasteiger partial charge in [-0.15, -0.1) is 12.6 Å². The van der Waals surface area contributed by atoms with Gasteiger partial charge >= 0.3 is 0 Å². The van der Waals surface area contributed by atoms with E-state index in [4.69, 9.17) is 0 Å². The summed E-state index contributed by atoms with van der Waals surface area (Å²) in [5.74, 6) is 0.780. The second-order valence-electron chi connectivity index (χ2n) is 3.89. The van der Waals surface area contributed by atoms with Gasteiger partial charge in [-0.1, -0.05) is 37.5 Å². The van der Waals surface area contributed by atoms with Gasteiger partial charge in [-0.3, -0.25) is 0 Å². The summed E-state index contributed by atoms with van der Waals surface area (Å²) in [6.07, 6.45) is 6.93. The number of benzene rings is 1. The summed E-state index contributed by atoms with van der Waals surface area (Å²) in [4.78, 5) is 1.18. The average Bonchev–Trinajstić information content (AvgIpc) is 2.20. The van der Waals surface area contributed by atoms with Crippen LogP contribution in [0.4, 0.5) is 0 Å². The van der Waals surface area contributed by atoms with E-state index in [0.29, 0.717) is 0 Å². The fourth-order valence-corrected chi connectivity index (χ4v) is 2.59. The topological polar surface area (TPSA) is 0 Å². The lowest BCUT2D eigenvalue weighted by atomic mass is 9.84. The Kier molecular flexibility index (Phi) is 2.94. The first-order chi connectivity index (χ1) is 6.38. The third-order valence-corrected chi connectivity index (χ3v) is 3.39. The van der Waals surface area contributed by atoms with Crippen molar-refractivity contribution in [3.05, 3.63) is 29.8 Å². The Morgan fingerprint density at radius 3 is 2.38 bits per heavy atom. The normalized spacial score (nSPS) is 18.8. The maximum atomic E-state index is 4.51. The van der Waals surface area contributed by atoms with Crippen LogP contribution in [0.5, 0.6) is 0 Å². The molecule has 13 heavy (non-hydrogen) atoms. The van der Waals surface area contributed by atoms with Crippen LogP contribution in [0.3, 0.4) is 0 Å². The molecule has 0 saturated heterocycles. The van der Waals surface area contributed by atoms with E-state index in [0.717, 1.165) is 5.92 Å². The lowest BCUT2D eigenvalue weighted by Gasteiger charge is -2.22. The molecule has 1 aromatic rings. The van der Waals surface area contributed by atoms with E-state index in [9.17, 15) is 0 Å². The van der Waals surface area contributed by atoms with E-state index in [1.807, 2.05) is 0 Å². The summed E-state index contributed by atoms with van der Waals surface area (Å²) in [5.41, 5.74) is 1.46. The second kappa shape index (κ2) is 4.19. The molecule has 0 atom stereocenters. The molecule has 0 nitrogen and oxygen atoms in total. The lowest BCUT2D eigenvalue weighted by Crippen LogP contribution is -2.04. The average molecular weight is 192 g/mol. The molecule has 0 spiro atoms. The molecule has 0 bridgehead atoms. The van der Waals surface area contributed by atoms with Crippen LogP contribution in [0, 0.1) is 0 Å². The monoisotopic (exact) mass is 192 g/mol. The maximum Gasteiger partial charge on any atom is 0.00748 e. The van der Waals surface area contributed by atoms with Crippen molar-refractivity contribution < 1.29 is 0 Å². The predicted molar refractivity (Wildman–Crippen MR) is 59.5 cm³/mol. The Morgan fingerprint density at radius 2 is 1.69 bits per heavy atom. The molecule has 1 aliphatic rings. The molecule has 1 saturated carbocycles. The number of hydrogen-bond acceptors (Lipinski definition) is 1. The number of hydrogen-bond donors (Lipinski definition) is 1. The zero-order valence-electron chi connectivity index (χ0n) is 7.87. The van der Waals surface area contributed by atoms with E-state index in [1.165, 1.54) is 42.6 Å². The molecule has 1 aliphatic carbocycles. The van der Waals surface area contributed by atoms with Crippen LogP contribution in [-0.4, -0.2) is 0 Å². The molecule has 2 rings (SSSR count). The molecule has 0 unspecified atom stereocenters. The van der Waals surface area contributed by atoms with Crippen LogP contribution in [-0.2, 0) is 0 Å². The molecule has 70 valence electrons. The van der Waals surface area contributed by atoms with Gasteiger partial charge in [0.25, 0.3) is 0 Å². The first-order valence-corrected chi connectivity index (χ1v) is 5.60. The molecule has 0 aliphatic heterocycles. The van der Waals surface area contributed by atoms with Crippen molar-refractivity contribution in [3.8, 4) is 0 Å². The quantitative estimate of drug-likeness (QED) is 0.638. The van der Waals surface area contributed by atoms with Crippen molar-refractivity contribution in [2.45, 2.75) is 42.9 Å². The van der Waals surface area contributed by atoms with Gasteiger partial charge in [-0.2, -0.15) is 0 Å². The first kappa shape index (κ1) is 9.14. The van der Waals surface area contributed by atoms with Gasteiger partial charge in [-0.25, -0.2) is 0 Å². The van der Waals surface area contributed by atoms with Crippen LogP contribution in [0.1, 0.15) is 43.6 Å². The standard InChI is InChI=1S/C12H16S/c13-12-9-5-4-8-11(12)10-6-2-1-3-7-10/h4-5,8-10,13H,1-3,6-7H2. The highest BCUT2D eigenvalue weighted by Crippen LogP contribution is 2.35. The van der Waals surface area contributed by atoms with Crippen LogP contribution in [0.25, 0.3) is 0 Å². The summed E-state index contributed by atoms with van der Waals surface area (Å²) in [6.45, 7) is 0. The molecule has 1 aromatic carbocycles. The Hall–Kier alpha value is -0.430. The molecule has 0 heterocycles. The largest absolute Gasteiger partial charge is 0.143 e. The Balaban J connectivity index is 2.18. The summed E-state index contributed by atoms with van der Waals surface area (Å²) in [6, 6.07) is 8.53. The van der Waals surface area contributed by atoms with E-state index < -0.39 is 0 Å². The summed E-state index contributed by atoms with van der Waals surface area (Å²) in [7, 11) is 0. The van der Waals surface area contributed by atoms with Crippen molar-refractivity contribution in [2.24, 2.45) is 0 Å².